The molecular weight excluding hydrogens is 362 g/mol. The first kappa shape index (κ1) is 20.9. The van der Waals surface area contributed by atoms with E-state index in [-0.39, 0.29) is 24.7 Å². The molecule has 148 valence electrons. The number of hydrogen-bond acceptors (Lipinski definition) is 5. The topological polar surface area (TPSA) is 111 Å². The summed E-state index contributed by atoms with van der Waals surface area (Å²) in [6.07, 6.45) is 0. The Hall–Kier alpha value is -3.42. The van der Waals surface area contributed by atoms with E-state index >= 15 is 0 Å². The number of anilines is 1. The van der Waals surface area contributed by atoms with Crippen LogP contribution in [-0.4, -0.2) is 29.9 Å². The highest BCUT2D eigenvalue weighted by Crippen LogP contribution is 2.23. The van der Waals surface area contributed by atoms with Gasteiger partial charge in [-0.15, -0.1) is 0 Å². The van der Waals surface area contributed by atoms with Crippen molar-refractivity contribution in [3.05, 3.63) is 62.7 Å². The zero-order chi connectivity index (χ0) is 20.8. The Labute approximate surface area is 163 Å². The highest BCUT2D eigenvalue weighted by atomic mass is 16.6. The molecule has 0 radical (unpaired) electrons. The van der Waals surface area contributed by atoms with Gasteiger partial charge in [0.05, 0.1) is 11.5 Å². The zero-order valence-corrected chi connectivity index (χ0v) is 16.3. The Morgan fingerprint density at radius 3 is 2.21 bits per heavy atom. The average Bonchev–Trinajstić information content (AvgIpc) is 2.61. The van der Waals surface area contributed by atoms with Crippen molar-refractivity contribution in [3.63, 3.8) is 0 Å². The summed E-state index contributed by atoms with van der Waals surface area (Å²) in [6, 6.07) is 8.18. The van der Waals surface area contributed by atoms with E-state index < -0.39 is 10.8 Å². The van der Waals surface area contributed by atoms with E-state index in [0.717, 1.165) is 22.4 Å². The summed E-state index contributed by atoms with van der Waals surface area (Å²) in [6.45, 7) is 6.91. The molecule has 2 rings (SSSR count). The third-order valence-electron chi connectivity index (χ3n) is 4.12. The van der Waals surface area contributed by atoms with Crippen LogP contribution in [0.25, 0.3) is 0 Å². The predicted molar refractivity (Wildman–Crippen MR) is 106 cm³/mol. The average molecular weight is 385 g/mol. The standard InChI is InChI=1S/C20H23N3O5/c1-12-7-14(3)20(15(4)8-12)22-18(24)10-21-19(25)11-28-16-5-6-17(23(26)27)13(2)9-16/h5-9H,10-11H2,1-4H3,(H,21,25)(H,22,24). The Morgan fingerprint density at radius 2 is 1.64 bits per heavy atom. The Bertz CT molecular complexity index is 901. The molecule has 2 N–H and O–H groups in total. The second kappa shape index (κ2) is 8.98. The summed E-state index contributed by atoms with van der Waals surface area (Å²) in [5, 5.41) is 16.1. The van der Waals surface area contributed by atoms with Crippen LogP contribution in [0, 0.1) is 37.8 Å². The van der Waals surface area contributed by atoms with Gasteiger partial charge in [-0.1, -0.05) is 17.7 Å². The Balaban J connectivity index is 1.83. The number of nitrogens with one attached hydrogen (secondary N) is 2. The van der Waals surface area contributed by atoms with Gasteiger partial charge in [0.15, 0.2) is 6.61 Å². The summed E-state index contributed by atoms with van der Waals surface area (Å²) >= 11 is 0. The lowest BCUT2D eigenvalue weighted by atomic mass is 10.1. The van der Waals surface area contributed by atoms with Crippen molar-refractivity contribution in [2.45, 2.75) is 27.7 Å². The number of aryl methyl sites for hydroxylation is 4. The molecule has 0 unspecified atom stereocenters. The van der Waals surface area contributed by atoms with Crippen molar-refractivity contribution in [1.29, 1.82) is 0 Å². The maximum Gasteiger partial charge on any atom is 0.272 e. The number of nitrogens with zero attached hydrogens (tertiary/aromatic N) is 1. The Kier molecular flexibility index (Phi) is 6.70. The molecule has 0 fully saturated rings. The molecule has 2 aromatic carbocycles. The van der Waals surface area contributed by atoms with E-state index in [4.69, 9.17) is 4.74 Å². The lowest BCUT2D eigenvalue weighted by Crippen LogP contribution is -2.36. The zero-order valence-electron chi connectivity index (χ0n) is 16.3. The lowest BCUT2D eigenvalue weighted by molar-refractivity contribution is -0.385. The molecule has 0 aliphatic rings. The third kappa shape index (κ3) is 5.54. The fourth-order valence-electron chi connectivity index (χ4n) is 2.86. The van der Waals surface area contributed by atoms with E-state index in [9.17, 15) is 19.7 Å². The fraction of sp³-hybridized carbons (Fsp3) is 0.300. The highest BCUT2D eigenvalue weighted by Gasteiger charge is 2.13. The van der Waals surface area contributed by atoms with Gasteiger partial charge in [-0.2, -0.15) is 0 Å². The quantitative estimate of drug-likeness (QED) is 0.562. The van der Waals surface area contributed by atoms with Gasteiger partial charge >= 0.3 is 0 Å². The minimum absolute atomic E-state index is 0.0184. The van der Waals surface area contributed by atoms with Crippen molar-refractivity contribution in [2.24, 2.45) is 0 Å². The molecule has 0 saturated carbocycles. The molecule has 0 atom stereocenters. The van der Waals surface area contributed by atoms with E-state index in [1.807, 2.05) is 32.9 Å². The largest absolute Gasteiger partial charge is 0.484 e. The number of amides is 2. The van der Waals surface area contributed by atoms with Gasteiger partial charge in [0, 0.05) is 17.3 Å². The number of nitro benzene ring substituents is 1. The molecule has 0 aliphatic heterocycles. The van der Waals surface area contributed by atoms with Gasteiger partial charge < -0.3 is 15.4 Å². The van der Waals surface area contributed by atoms with Gasteiger partial charge in [0.25, 0.3) is 11.6 Å². The summed E-state index contributed by atoms with van der Waals surface area (Å²) in [4.78, 5) is 34.3. The molecule has 0 aromatic heterocycles. The smallest absolute Gasteiger partial charge is 0.272 e. The van der Waals surface area contributed by atoms with Crippen molar-refractivity contribution in [3.8, 4) is 5.75 Å². The first-order valence-electron chi connectivity index (χ1n) is 8.69. The maximum absolute atomic E-state index is 12.1. The van der Waals surface area contributed by atoms with E-state index in [0.29, 0.717) is 11.3 Å². The first-order valence-corrected chi connectivity index (χ1v) is 8.69. The number of carbonyl (C=O) groups is 2. The van der Waals surface area contributed by atoms with E-state index in [2.05, 4.69) is 10.6 Å². The monoisotopic (exact) mass is 385 g/mol. The summed E-state index contributed by atoms with van der Waals surface area (Å²) in [5.74, 6) is -0.466. The van der Waals surface area contributed by atoms with Gasteiger partial charge in [-0.05, 0) is 51.0 Å². The predicted octanol–water partition coefficient (Wildman–Crippen LogP) is 2.96. The Morgan fingerprint density at radius 1 is 1.00 bits per heavy atom. The minimum atomic E-state index is -0.484. The maximum atomic E-state index is 12.1. The summed E-state index contributed by atoms with van der Waals surface area (Å²) in [5.41, 5.74) is 4.17. The highest BCUT2D eigenvalue weighted by molar-refractivity contribution is 5.95. The summed E-state index contributed by atoms with van der Waals surface area (Å²) < 4.78 is 5.32. The third-order valence-corrected chi connectivity index (χ3v) is 4.12. The van der Waals surface area contributed by atoms with Gasteiger partial charge in [-0.25, -0.2) is 0 Å². The molecular formula is C20H23N3O5. The van der Waals surface area contributed by atoms with Crippen LogP contribution in [0.5, 0.6) is 5.75 Å². The molecule has 2 aromatic rings. The fourth-order valence-corrected chi connectivity index (χ4v) is 2.86. The van der Waals surface area contributed by atoms with E-state index in [1.54, 1.807) is 6.92 Å². The van der Waals surface area contributed by atoms with Crippen LogP contribution < -0.4 is 15.4 Å². The van der Waals surface area contributed by atoms with Crippen molar-refractivity contribution < 1.29 is 19.2 Å². The molecule has 8 nitrogen and oxygen atoms in total. The number of benzene rings is 2. The normalized spacial score (nSPS) is 10.3. The number of nitro groups is 1. The van der Waals surface area contributed by atoms with Crippen LogP contribution in [0.4, 0.5) is 11.4 Å². The first-order chi connectivity index (χ1) is 13.2. The van der Waals surface area contributed by atoms with Crippen LogP contribution in [0.2, 0.25) is 0 Å². The van der Waals surface area contributed by atoms with Crippen LogP contribution in [-0.2, 0) is 9.59 Å². The molecule has 0 bridgehead atoms. The van der Waals surface area contributed by atoms with Crippen LogP contribution in [0.3, 0.4) is 0 Å². The van der Waals surface area contributed by atoms with Gasteiger partial charge in [-0.3, -0.25) is 19.7 Å². The van der Waals surface area contributed by atoms with Crippen molar-refractivity contribution >= 4 is 23.2 Å². The number of rotatable bonds is 7. The SMILES string of the molecule is Cc1cc(C)c(NC(=O)CNC(=O)COc2ccc([N+](=O)[O-])c(C)c2)c(C)c1. The van der Waals surface area contributed by atoms with E-state index in [1.165, 1.54) is 18.2 Å². The summed E-state index contributed by atoms with van der Waals surface area (Å²) in [7, 11) is 0. The lowest BCUT2D eigenvalue weighted by Gasteiger charge is -2.13. The van der Waals surface area contributed by atoms with Crippen LogP contribution in [0.1, 0.15) is 22.3 Å². The molecule has 0 aliphatic carbocycles. The van der Waals surface area contributed by atoms with Gasteiger partial charge in [0.1, 0.15) is 5.75 Å². The molecule has 0 saturated heterocycles. The number of ether oxygens (including phenoxy) is 1. The number of carbonyl (C=O) groups excluding carboxylic acids is 2. The van der Waals surface area contributed by atoms with Gasteiger partial charge in [0.2, 0.25) is 5.91 Å². The molecule has 2 amide bonds. The molecule has 28 heavy (non-hydrogen) atoms. The van der Waals surface area contributed by atoms with Crippen molar-refractivity contribution in [1.82, 2.24) is 5.32 Å². The number of hydrogen-bond donors (Lipinski definition) is 2. The minimum Gasteiger partial charge on any atom is -0.484 e. The second-order valence-corrected chi connectivity index (χ2v) is 6.59. The van der Waals surface area contributed by atoms with Crippen LogP contribution in [0.15, 0.2) is 30.3 Å². The second-order valence-electron chi connectivity index (χ2n) is 6.59. The molecule has 0 spiro atoms. The molecule has 8 heteroatoms. The van der Waals surface area contributed by atoms with Crippen molar-refractivity contribution in [2.75, 3.05) is 18.5 Å². The van der Waals surface area contributed by atoms with Crippen LogP contribution >= 0.6 is 0 Å². The molecule has 0 heterocycles.